The second kappa shape index (κ2) is 8.21. The Bertz CT molecular complexity index is 1060. The Kier molecular flexibility index (Phi) is 5.86. The molecule has 10 heteroatoms. The van der Waals surface area contributed by atoms with E-state index < -0.39 is 23.2 Å². The Morgan fingerprint density at radius 1 is 1.09 bits per heavy atom. The average Bonchev–Trinajstić information content (AvgIpc) is 2.67. The number of nitrogens with one attached hydrogen (secondary N) is 2. The normalized spacial score (nSPS) is 23.7. The van der Waals surface area contributed by atoms with Gasteiger partial charge in [0.05, 0.1) is 28.3 Å². The molecule has 0 saturated heterocycles. The zero-order valence-corrected chi connectivity index (χ0v) is 19.0. The van der Waals surface area contributed by atoms with Crippen LogP contribution in [0.25, 0.3) is 0 Å². The van der Waals surface area contributed by atoms with Gasteiger partial charge in [-0.05, 0) is 99.7 Å². The van der Waals surface area contributed by atoms with Crippen LogP contribution in [0.5, 0.6) is 0 Å². The zero-order valence-electron chi connectivity index (χ0n) is 17.4. The third-order valence-corrected chi connectivity index (χ3v) is 7.31. The second-order valence-corrected chi connectivity index (χ2v) is 10.8. The Hall–Kier alpha value is -2.35. The molecule has 3 aliphatic carbocycles. The third kappa shape index (κ3) is 4.56. The van der Waals surface area contributed by atoms with Crippen molar-refractivity contribution in [1.29, 1.82) is 5.26 Å². The van der Waals surface area contributed by atoms with Crippen molar-refractivity contribution in [3.63, 3.8) is 0 Å². The number of nitrogens with zero attached hydrogens (tertiary/aromatic N) is 2. The minimum absolute atomic E-state index is 0.0932. The van der Waals surface area contributed by atoms with Crippen molar-refractivity contribution in [2.75, 3.05) is 18.8 Å². The molecular weight excluding hydrogens is 457 g/mol. The monoisotopic (exact) mass is 478 g/mol. The zero-order chi connectivity index (χ0) is 23.1. The highest BCUT2D eigenvalue weighted by atomic mass is 32.2. The molecule has 0 aromatic heterocycles. The minimum Gasteiger partial charge on any atom is -0.346 e. The summed E-state index contributed by atoms with van der Waals surface area (Å²) in [6, 6.07) is 12.9. The number of amides is 1. The predicted octanol–water partition coefficient (Wildman–Crippen LogP) is 5.57. The van der Waals surface area contributed by atoms with Crippen molar-refractivity contribution in [1.82, 2.24) is 9.62 Å². The predicted molar refractivity (Wildman–Crippen MR) is 119 cm³/mol. The number of alkyl halides is 3. The second-order valence-electron chi connectivity index (χ2n) is 8.49. The third-order valence-electron chi connectivity index (χ3n) is 5.63. The van der Waals surface area contributed by atoms with E-state index in [4.69, 9.17) is 5.26 Å². The highest BCUT2D eigenvalue weighted by Crippen LogP contribution is 2.66. The molecule has 5 rings (SSSR count). The van der Waals surface area contributed by atoms with Gasteiger partial charge in [0.15, 0.2) is 0 Å². The van der Waals surface area contributed by atoms with Crippen LogP contribution >= 0.6 is 23.9 Å². The van der Waals surface area contributed by atoms with Gasteiger partial charge in [-0.2, -0.15) is 18.4 Å². The molecule has 3 aliphatic rings. The maximum absolute atomic E-state index is 13.3. The van der Waals surface area contributed by atoms with Gasteiger partial charge in [-0.1, -0.05) is 0 Å². The van der Waals surface area contributed by atoms with Crippen molar-refractivity contribution in [3.8, 4) is 6.07 Å². The fraction of sp³-hybridized carbons (Fsp3) is 0.364. The van der Waals surface area contributed by atoms with E-state index in [2.05, 4.69) is 16.1 Å². The summed E-state index contributed by atoms with van der Waals surface area (Å²) in [5.74, 6) is -0.439. The van der Waals surface area contributed by atoms with E-state index in [1.54, 1.807) is 11.9 Å². The quantitative estimate of drug-likeness (QED) is 0.507. The summed E-state index contributed by atoms with van der Waals surface area (Å²) < 4.78 is 44.7. The average molecular weight is 479 g/mol. The van der Waals surface area contributed by atoms with Crippen LogP contribution in [-0.4, -0.2) is 29.8 Å². The van der Waals surface area contributed by atoms with E-state index in [1.165, 1.54) is 6.07 Å². The van der Waals surface area contributed by atoms with Crippen LogP contribution in [0, 0.1) is 16.7 Å². The maximum atomic E-state index is 13.3. The summed E-state index contributed by atoms with van der Waals surface area (Å²) in [7, 11) is 3.87. The van der Waals surface area contributed by atoms with Crippen LogP contribution in [0.3, 0.4) is 0 Å². The van der Waals surface area contributed by atoms with Crippen molar-refractivity contribution < 1.29 is 18.0 Å². The van der Waals surface area contributed by atoms with Gasteiger partial charge in [0.25, 0.3) is 5.91 Å². The molecule has 0 aliphatic heterocycles. The number of benzene rings is 2. The number of hydrogen-bond donors (Lipinski definition) is 2. The fourth-order valence-electron chi connectivity index (χ4n) is 4.24. The van der Waals surface area contributed by atoms with Crippen LogP contribution in [0.15, 0.2) is 52.3 Å². The first-order valence-electron chi connectivity index (χ1n) is 9.86. The Morgan fingerprint density at radius 2 is 1.72 bits per heavy atom. The van der Waals surface area contributed by atoms with Gasteiger partial charge in [-0.15, -0.1) is 0 Å². The number of halogens is 3. The fourth-order valence-corrected chi connectivity index (χ4v) is 5.59. The van der Waals surface area contributed by atoms with Crippen molar-refractivity contribution >= 4 is 35.5 Å². The number of carbonyl (C=O) groups is 1. The number of carbonyl (C=O) groups excluding carboxylic acids is 1. The van der Waals surface area contributed by atoms with Crippen molar-refractivity contribution in [2.24, 2.45) is 5.41 Å². The summed E-state index contributed by atoms with van der Waals surface area (Å²) in [6.07, 6.45) is -2.73. The van der Waals surface area contributed by atoms with Crippen molar-refractivity contribution in [2.45, 2.75) is 40.8 Å². The lowest BCUT2D eigenvalue weighted by molar-refractivity contribution is -0.137. The van der Waals surface area contributed by atoms with E-state index in [0.29, 0.717) is 19.3 Å². The van der Waals surface area contributed by atoms with Gasteiger partial charge in [0, 0.05) is 15.3 Å². The molecule has 168 valence electrons. The van der Waals surface area contributed by atoms with E-state index in [0.717, 1.165) is 33.9 Å². The van der Waals surface area contributed by atoms with Gasteiger partial charge < -0.3 is 10.0 Å². The van der Waals surface area contributed by atoms with Gasteiger partial charge in [-0.25, -0.2) is 0 Å². The first-order chi connectivity index (χ1) is 15.0. The smallest absolute Gasteiger partial charge is 0.346 e. The molecule has 5 nitrogen and oxygen atoms in total. The van der Waals surface area contributed by atoms with Crippen LogP contribution < -0.4 is 10.0 Å². The van der Waals surface area contributed by atoms with Crippen LogP contribution in [0.1, 0.15) is 35.2 Å². The number of hydrogen-bond acceptors (Lipinski definition) is 6. The largest absolute Gasteiger partial charge is 0.416 e. The minimum atomic E-state index is -4.52. The van der Waals surface area contributed by atoms with Gasteiger partial charge in [-0.3, -0.25) is 9.10 Å². The molecule has 2 N–H and O–H groups in total. The highest BCUT2D eigenvalue weighted by molar-refractivity contribution is 8.00. The topological polar surface area (TPSA) is 68.2 Å². The van der Waals surface area contributed by atoms with Gasteiger partial charge in [0.2, 0.25) is 0 Å². The lowest BCUT2D eigenvalue weighted by Crippen LogP contribution is -2.74. The van der Waals surface area contributed by atoms with E-state index >= 15 is 0 Å². The molecule has 0 unspecified atom stereocenters. The summed E-state index contributed by atoms with van der Waals surface area (Å²) in [5.41, 5.74) is -1.33. The van der Waals surface area contributed by atoms with Gasteiger partial charge >= 0.3 is 6.18 Å². The lowest BCUT2D eigenvalue weighted by Gasteiger charge is -2.66. The maximum Gasteiger partial charge on any atom is 0.416 e. The van der Waals surface area contributed by atoms with Crippen LogP contribution in [0.2, 0.25) is 0 Å². The van der Waals surface area contributed by atoms with E-state index in [1.807, 2.05) is 42.7 Å². The Balaban J connectivity index is 1.50. The van der Waals surface area contributed by atoms with Crippen molar-refractivity contribution in [3.05, 3.63) is 53.6 Å². The van der Waals surface area contributed by atoms with E-state index in [-0.39, 0.29) is 16.7 Å². The molecule has 2 aromatic rings. The molecule has 0 atom stereocenters. The molecule has 32 heavy (non-hydrogen) atoms. The number of rotatable bonds is 7. The molecule has 0 spiro atoms. The van der Waals surface area contributed by atoms with Crippen LogP contribution in [0.4, 0.5) is 18.9 Å². The summed E-state index contributed by atoms with van der Waals surface area (Å²) in [5, 5.41) is 12.1. The molecule has 3 fully saturated rings. The first-order valence-corrected chi connectivity index (χ1v) is 11.5. The molecule has 0 radical (unpaired) electrons. The molecular formula is C22H21F3N4OS2. The number of nitriles is 1. The Morgan fingerprint density at radius 3 is 2.28 bits per heavy atom. The molecule has 2 bridgehead atoms. The standard InChI is InChI=1S/C22H21F3N4OS2/c1-29(2)32-16-6-4-15(5-7-16)31-28-18-9-14(22(23,24)25)3-8-17(18)19(30)27-21-10-20(11-21,12-21)13-26/h3-9,28H,10-12H2,1-2H3,(H,27,30). The number of anilines is 1. The SMILES string of the molecule is CN(C)Sc1ccc(SNc2cc(C(F)(F)F)ccc2C(=O)NC23CC(C#N)(C2)C3)cc1. The molecule has 2 aromatic carbocycles. The summed E-state index contributed by atoms with van der Waals surface area (Å²) >= 11 is 2.70. The lowest BCUT2D eigenvalue weighted by atomic mass is 9.40. The van der Waals surface area contributed by atoms with Crippen LogP contribution in [-0.2, 0) is 6.18 Å². The van der Waals surface area contributed by atoms with E-state index in [9.17, 15) is 18.0 Å². The molecule has 1 amide bonds. The summed E-state index contributed by atoms with van der Waals surface area (Å²) in [4.78, 5) is 14.7. The highest BCUT2D eigenvalue weighted by Gasteiger charge is 2.69. The first kappa shape index (κ1) is 22.8. The summed E-state index contributed by atoms with van der Waals surface area (Å²) in [6.45, 7) is 0. The Labute approximate surface area is 193 Å². The molecule has 0 heterocycles. The molecule has 3 saturated carbocycles. The van der Waals surface area contributed by atoms with Gasteiger partial charge in [0.1, 0.15) is 0 Å².